The number of nitrogens with two attached hydrogens (primary N) is 1. The summed E-state index contributed by atoms with van der Waals surface area (Å²) >= 11 is 0. The molecule has 0 spiro atoms. The number of likely N-dealkylation sites (N-methyl/N-ethyl adjacent to an activating group) is 1. The normalized spacial score (nSPS) is 20.2. The van der Waals surface area contributed by atoms with Crippen LogP contribution < -0.4 is 5.73 Å². The van der Waals surface area contributed by atoms with Crippen LogP contribution in [0.1, 0.15) is 30.2 Å². The number of carbonyl (C=O) groups excluding carboxylic acids is 1. The maximum Gasteiger partial charge on any atom is 0.237 e. The fraction of sp³-hybridized carbons (Fsp3) is 0.381. The average Bonchev–Trinajstić information content (AvgIpc) is 2.98. The summed E-state index contributed by atoms with van der Waals surface area (Å²) in [6.45, 7) is 6.33. The van der Waals surface area contributed by atoms with E-state index in [0.717, 1.165) is 13.1 Å². The minimum atomic E-state index is -4.23. The topological polar surface area (TPSA) is 115 Å². The molecule has 2 N–H and O–H groups in total. The molecule has 3 rings (SSSR count). The van der Waals surface area contributed by atoms with Gasteiger partial charge in [0.15, 0.2) is 24.9 Å². The van der Waals surface area contributed by atoms with Gasteiger partial charge in [0.2, 0.25) is 5.91 Å². The summed E-state index contributed by atoms with van der Waals surface area (Å²) in [6.07, 6.45) is 0.465. The summed E-state index contributed by atoms with van der Waals surface area (Å²) < 4.78 is 53.3. The van der Waals surface area contributed by atoms with Crippen molar-refractivity contribution in [1.29, 1.82) is 0 Å². The lowest BCUT2D eigenvalue weighted by Crippen LogP contribution is -2.39. The van der Waals surface area contributed by atoms with Crippen LogP contribution in [0.5, 0.6) is 0 Å². The van der Waals surface area contributed by atoms with E-state index in [1.165, 1.54) is 18.2 Å². The van der Waals surface area contributed by atoms with Gasteiger partial charge in [0.25, 0.3) is 0 Å². The summed E-state index contributed by atoms with van der Waals surface area (Å²) in [6, 6.07) is 12.3. The van der Waals surface area contributed by atoms with Crippen molar-refractivity contribution in [1.82, 2.24) is 4.90 Å². The van der Waals surface area contributed by atoms with Crippen LogP contribution in [0.3, 0.4) is 0 Å². The molecule has 0 radical (unpaired) electrons. The van der Waals surface area contributed by atoms with Crippen LogP contribution in [0, 0.1) is 0 Å². The first-order valence-electron chi connectivity index (χ1n) is 9.82. The van der Waals surface area contributed by atoms with Gasteiger partial charge in [-0.3, -0.25) is 4.79 Å². The van der Waals surface area contributed by atoms with Gasteiger partial charge < -0.3 is 10.6 Å². The van der Waals surface area contributed by atoms with Gasteiger partial charge in [0.1, 0.15) is 5.25 Å². The van der Waals surface area contributed by atoms with E-state index in [2.05, 4.69) is 4.90 Å². The number of hydrogen-bond acceptors (Lipinski definition) is 6. The maximum absolute atomic E-state index is 13.5. The molecule has 1 aliphatic heterocycles. The molecule has 2 atom stereocenters. The Labute approximate surface area is 177 Å². The van der Waals surface area contributed by atoms with Crippen molar-refractivity contribution < 1.29 is 21.6 Å². The predicted molar refractivity (Wildman–Crippen MR) is 114 cm³/mol. The van der Waals surface area contributed by atoms with Crippen molar-refractivity contribution in [3.05, 3.63) is 59.7 Å². The fourth-order valence-corrected chi connectivity index (χ4v) is 8.73. The van der Waals surface area contributed by atoms with E-state index >= 15 is 0 Å². The smallest absolute Gasteiger partial charge is 0.237 e. The van der Waals surface area contributed by atoms with Crippen molar-refractivity contribution >= 4 is 25.6 Å². The van der Waals surface area contributed by atoms with Crippen LogP contribution in [-0.2, 0) is 30.9 Å². The Balaban J connectivity index is 2.22. The van der Waals surface area contributed by atoms with E-state index in [1.54, 1.807) is 30.3 Å². The minimum absolute atomic E-state index is 0.0390. The molecule has 0 saturated carbocycles. The summed E-state index contributed by atoms with van der Waals surface area (Å²) in [5, 5.41) is -3.42. The van der Waals surface area contributed by atoms with Gasteiger partial charge in [-0.2, -0.15) is 0 Å². The van der Waals surface area contributed by atoms with Gasteiger partial charge >= 0.3 is 0 Å². The molecule has 162 valence electrons. The molecule has 1 aliphatic rings. The molecule has 0 aromatic heterocycles. The van der Waals surface area contributed by atoms with Gasteiger partial charge in [-0.05, 0) is 48.8 Å². The van der Waals surface area contributed by atoms with Gasteiger partial charge in [0, 0.05) is 6.54 Å². The second-order valence-electron chi connectivity index (χ2n) is 7.25. The lowest BCUT2D eigenvalue weighted by Gasteiger charge is -2.21. The van der Waals surface area contributed by atoms with Crippen molar-refractivity contribution in [3.8, 4) is 0 Å². The Kier molecular flexibility index (Phi) is 6.35. The Bertz CT molecular complexity index is 1140. The monoisotopic (exact) mass is 450 g/mol. The number of amides is 1. The molecule has 0 saturated heterocycles. The van der Waals surface area contributed by atoms with Gasteiger partial charge in [-0.15, -0.1) is 0 Å². The second kappa shape index (κ2) is 8.49. The van der Waals surface area contributed by atoms with Crippen LogP contribution >= 0.6 is 0 Å². The highest BCUT2D eigenvalue weighted by atomic mass is 32.2. The average molecular weight is 451 g/mol. The molecule has 2 unspecified atom stereocenters. The van der Waals surface area contributed by atoms with Crippen molar-refractivity contribution in [3.63, 3.8) is 0 Å². The zero-order valence-electron chi connectivity index (χ0n) is 17.0. The predicted octanol–water partition coefficient (Wildman–Crippen LogP) is 1.73. The first kappa shape index (κ1) is 22.5. The third kappa shape index (κ3) is 3.77. The Morgan fingerprint density at radius 2 is 1.67 bits per heavy atom. The standard InChI is InChI=1S/C21H26N2O5S2/c1-3-23(4-2)14-13-15-9-8-12-17-18(15)19(20(21(22)24)30(17,27)28)29(25,26)16-10-6-5-7-11-16/h5-12,19-20H,3-4,13-14H2,1-2H3,(H2,22,24). The molecule has 1 heterocycles. The first-order valence-corrected chi connectivity index (χ1v) is 12.9. The number of hydrogen-bond donors (Lipinski definition) is 1. The minimum Gasteiger partial charge on any atom is -0.368 e. The van der Waals surface area contributed by atoms with Crippen LogP contribution in [0.15, 0.2) is 58.3 Å². The Hall–Kier alpha value is -2.23. The molecule has 0 fully saturated rings. The van der Waals surface area contributed by atoms with Crippen molar-refractivity contribution in [2.45, 2.75) is 40.6 Å². The molecule has 2 aromatic rings. The molecular weight excluding hydrogens is 424 g/mol. The molecule has 7 nitrogen and oxygen atoms in total. The van der Waals surface area contributed by atoms with Gasteiger partial charge in [-0.1, -0.05) is 44.2 Å². The molecule has 9 heteroatoms. The number of nitrogens with zero attached hydrogens (tertiary/aromatic N) is 1. The number of benzene rings is 2. The SMILES string of the molecule is CCN(CC)CCc1cccc2c1C(S(=O)(=O)c1ccccc1)C(C(N)=O)S2(=O)=O. The van der Waals surface area contributed by atoms with Crippen molar-refractivity contribution in [2.24, 2.45) is 5.73 Å². The Morgan fingerprint density at radius 1 is 1.03 bits per heavy atom. The van der Waals surface area contributed by atoms with Crippen LogP contribution in [-0.4, -0.2) is 52.5 Å². The fourth-order valence-electron chi connectivity index (χ4n) is 4.02. The number of carbonyl (C=O) groups is 1. The van der Waals surface area contributed by atoms with Crippen LogP contribution in [0.25, 0.3) is 0 Å². The number of sulfone groups is 2. The maximum atomic E-state index is 13.5. The van der Waals surface area contributed by atoms with E-state index in [4.69, 9.17) is 5.73 Å². The molecule has 2 aromatic carbocycles. The molecular formula is C21H26N2O5S2. The highest BCUT2D eigenvalue weighted by Gasteiger charge is 2.55. The molecule has 0 bridgehead atoms. The highest BCUT2D eigenvalue weighted by molar-refractivity contribution is 7.97. The van der Waals surface area contributed by atoms with E-state index < -0.39 is 36.1 Å². The summed E-state index contributed by atoms with van der Waals surface area (Å²) in [5.41, 5.74) is 6.23. The van der Waals surface area contributed by atoms with Gasteiger partial charge in [0.05, 0.1) is 9.79 Å². The summed E-state index contributed by atoms with van der Waals surface area (Å²) in [7, 11) is -8.41. The largest absolute Gasteiger partial charge is 0.368 e. The Morgan fingerprint density at radius 3 is 2.23 bits per heavy atom. The zero-order valence-corrected chi connectivity index (χ0v) is 18.6. The molecule has 30 heavy (non-hydrogen) atoms. The zero-order chi connectivity index (χ0) is 22.1. The highest BCUT2D eigenvalue weighted by Crippen LogP contribution is 2.47. The third-order valence-corrected chi connectivity index (χ3v) is 10.1. The van der Waals surface area contributed by atoms with E-state index in [-0.39, 0.29) is 15.4 Å². The number of primary amides is 1. The number of rotatable bonds is 8. The molecule has 1 amide bonds. The van der Waals surface area contributed by atoms with Crippen LogP contribution in [0.4, 0.5) is 0 Å². The van der Waals surface area contributed by atoms with Gasteiger partial charge in [-0.25, -0.2) is 16.8 Å². The summed E-state index contributed by atoms with van der Waals surface area (Å²) in [5.74, 6) is -1.16. The lowest BCUT2D eigenvalue weighted by molar-refractivity contribution is -0.117. The van der Waals surface area contributed by atoms with Crippen molar-refractivity contribution in [2.75, 3.05) is 19.6 Å². The third-order valence-electron chi connectivity index (χ3n) is 5.63. The first-order chi connectivity index (χ1) is 14.2. The van der Waals surface area contributed by atoms with E-state index in [9.17, 15) is 21.6 Å². The van der Waals surface area contributed by atoms with E-state index in [0.29, 0.717) is 18.5 Å². The molecule has 0 aliphatic carbocycles. The lowest BCUT2D eigenvalue weighted by atomic mass is 9.99. The summed E-state index contributed by atoms with van der Waals surface area (Å²) in [4.78, 5) is 14.2. The quantitative estimate of drug-likeness (QED) is 0.655. The number of fused-ring (bicyclic) bond motifs is 1. The second-order valence-corrected chi connectivity index (χ2v) is 11.4. The van der Waals surface area contributed by atoms with Crippen LogP contribution in [0.2, 0.25) is 0 Å². The van der Waals surface area contributed by atoms with E-state index in [1.807, 2.05) is 13.8 Å².